The molecule has 12 heteroatoms. The Hall–Kier alpha value is -2.73. The lowest BCUT2D eigenvalue weighted by atomic mass is 10.3. The van der Waals surface area contributed by atoms with Gasteiger partial charge >= 0.3 is 6.36 Å². The summed E-state index contributed by atoms with van der Waals surface area (Å²) in [7, 11) is -4.08. The first-order chi connectivity index (χ1) is 13.0. The predicted octanol–water partition coefficient (Wildman–Crippen LogP) is 3.17. The lowest BCUT2D eigenvalue weighted by Crippen LogP contribution is -2.28. The Morgan fingerprint density at radius 2 is 1.64 bits per heavy atom. The minimum absolute atomic E-state index is 0.00740. The maximum atomic E-state index is 13.1. The molecule has 6 nitrogen and oxygen atoms in total. The van der Waals surface area contributed by atoms with Gasteiger partial charge in [-0.15, -0.1) is 13.2 Å². The molecule has 0 saturated carbocycles. The van der Waals surface area contributed by atoms with Crippen molar-refractivity contribution in [2.75, 3.05) is 11.9 Å². The minimum Gasteiger partial charge on any atom is -0.406 e. The van der Waals surface area contributed by atoms with E-state index in [2.05, 4.69) is 14.8 Å². The van der Waals surface area contributed by atoms with Crippen LogP contribution < -0.4 is 14.8 Å². The van der Waals surface area contributed by atoms with Crippen LogP contribution in [0.15, 0.2) is 47.4 Å². The molecule has 0 aliphatic carbocycles. The van der Waals surface area contributed by atoms with Gasteiger partial charge < -0.3 is 10.1 Å². The van der Waals surface area contributed by atoms with Gasteiger partial charge in [0.05, 0.1) is 4.90 Å². The first-order valence-electron chi connectivity index (χ1n) is 7.57. The zero-order valence-electron chi connectivity index (χ0n) is 13.9. The quantitative estimate of drug-likeness (QED) is 0.669. The van der Waals surface area contributed by atoms with E-state index in [1.807, 2.05) is 0 Å². The Morgan fingerprint density at radius 3 is 2.21 bits per heavy atom. The van der Waals surface area contributed by atoms with Crippen LogP contribution in [0.2, 0.25) is 0 Å². The molecule has 0 bridgehead atoms. The molecule has 0 unspecified atom stereocenters. The second-order valence-corrected chi connectivity index (χ2v) is 7.11. The van der Waals surface area contributed by atoms with Crippen molar-refractivity contribution >= 4 is 21.6 Å². The number of carbonyl (C=O) groups is 1. The van der Waals surface area contributed by atoms with Gasteiger partial charge in [0.1, 0.15) is 5.75 Å². The molecule has 0 heterocycles. The van der Waals surface area contributed by atoms with E-state index < -0.39 is 39.7 Å². The smallest absolute Gasteiger partial charge is 0.406 e. The monoisotopic (exact) mass is 424 g/mol. The van der Waals surface area contributed by atoms with Gasteiger partial charge in [0.25, 0.3) is 0 Å². The molecule has 152 valence electrons. The van der Waals surface area contributed by atoms with Crippen LogP contribution in [0.3, 0.4) is 0 Å². The molecule has 2 aromatic carbocycles. The summed E-state index contributed by atoms with van der Waals surface area (Å²) in [6.45, 7) is -0.335. The van der Waals surface area contributed by atoms with Gasteiger partial charge in [-0.1, -0.05) is 0 Å². The second kappa shape index (κ2) is 8.52. The number of sulfonamides is 1. The summed E-state index contributed by atoms with van der Waals surface area (Å²) in [4.78, 5) is 11.4. The zero-order valence-corrected chi connectivity index (χ0v) is 14.7. The SMILES string of the molecule is O=C(CCNS(=O)(=O)c1ccc(OC(F)(F)F)cc1)Nc1ccc(F)c(F)c1. The molecule has 0 spiro atoms. The Balaban J connectivity index is 1.88. The highest BCUT2D eigenvalue weighted by atomic mass is 32.2. The Morgan fingerprint density at radius 1 is 1.00 bits per heavy atom. The maximum Gasteiger partial charge on any atom is 0.573 e. The molecule has 0 radical (unpaired) electrons. The van der Waals surface area contributed by atoms with Crippen molar-refractivity contribution in [3.63, 3.8) is 0 Å². The third-order valence-corrected chi connectivity index (χ3v) is 4.69. The first kappa shape index (κ1) is 21.6. The third kappa shape index (κ3) is 6.46. The van der Waals surface area contributed by atoms with E-state index in [1.165, 1.54) is 0 Å². The predicted molar refractivity (Wildman–Crippen MR) is 87.9 cm³/mol. The molecule has 0 saturated heterocycles. The Kier molecular flexibility index (Phi) is 6.56. The van der Waals surface area contributed by atoms with Crippen LogP contribution >= 0.6 is 0 Å². The van der Waals surface area contributed by atoms with Crippen molar-refractivity contribution in [3.8, 4) is 5.75 Å². The number of rotatable bonds is 7. The number of benzene rings is 2. The number of anilines is 1. The van der Waals surface area contributed by atoms with Crippen LogP contribution in [0.5, 0.6) is 5.75 Å². The summed E-state index contributed by atoms with van der Waals surface area (Å²) in [5.41, 5.74) is -0.00740. The average Bonchev–Trinajstić information content (AvgIpc) is 2.57. The summed E-state index contributed by atoms with van der Waals surface area (Å²) >= 11 is 0. The van der Waals surface area contributed by atoms with Crippen LogP contribution in [0.4, 0.5) is 27.6 Å². The Labute approximate surface area is 156 Å². The fourth-order valence-electron chi connectivity index (χ4n) is 2.00. The molecule has 0 fully saturated rings. The van der Waals surface area contributed by atoms with E-state index in [0.717, 1.165) is 42.5 Å². The fourth-order valence-corrected chi connectivity index (χ4v) is 3.03. The molecule has 0 aliphatic rings. The van der Waals surface area contributed by atoms with Crippen molar-refractivity contribution in [1.82, 2.24) is 4.72 Å². The van der Waals surface area contributed by atoms with Gasteiger partial charge in [-0.2, -0.15) is 0 Å². The highest BCUT2D eigenvalue weighted by Crippen LogP contribution is 2.23. The summed E-state index contributed by atoms with van der Waals surface area (Å²) in [6, 6.07) is 6.19. The van der Waals surface area contributed by atoms with Gasteiger partial charge in [-0.3, -0.25) is 4.79 Å². The van der Waals surface area contributed by atoms with E-state index in [4.69, 9.17) is 0 Å². The van der Waals surface area contributed by atoms with E-state index in [0.29, 0.717) is 0 Å². The van der Waals surface area contributed by atoms with E-state index in [1.54, 1.807) is 0 Å². The summed E-state index contributed by atoms with van der Waals surface area (Å²) in [5, 5.41) is 2.26. The fraction of sp³-hybridized carbons (Fsp3) is 0.188. The lowest BCUT2D eigenvalue weighted by molar-refractivity contribution is -0.274. The number of alkyl halides is 3. The van der Waals surface area contributed by atoms with Crippen LogP contribution in [0, 0.1) is 11.6 Å². The average molecular weight is 424 g/mol. The molecule has 28 heavy (non-hydrogen) atoms. The molecule has 0 aromatic heterocycles. The first-order valence-corrected chi connectivity index (χ1v) is 9.05. The van der Waals surface area contributed by atoms with Gasteiger partial charge in [0.2, 0.25) is 15.9 Å². The van der Waals surface area contributed by atoms with Crippen LogP contribution in [-0.4, -0.2) is 27.2 Å². The maximum absolute atomic E-state index is 13.1. The lowest BCUT2D eigenvalue weighted by Gasteiger charge is -2.10. The van der Waals surface area contributed by atoms with Crippen molar-refractivity contribution in [3.05, 3.63) is 54.1 Å². The highest BCUT2D eigenvalue weighted by Gasteiger charge is 2.31. The number of nitrogens with one attached hydrogen (secondary N) is 2. The van der Waals surface area contributed by atoms with E-state index in [-0.39, 0.29) is 23.5 Å². The number of carbonyl (C=O) groups excluding carboxylic acids is 1. The number of ether oxygens (including phenoxy) is 1. The highest BCUT2D eigenvalue weighted by molar-refractivity contribution is 7.89. The number of halogens is 5. The zero-order chi connectivity index (χ0) is 20.9. The van der Waals surface area contributed by atoms with Gasteiger partial charge in [-0.05, 0) is 36.4 Å². The number of hydrogen-bond acceptors (Lipinski definition) is 4. The summed E-state index contributed by atoms with van der Waals surface area (Å²) < 4.78 is 92.0. The van der Waals surface area contributed by atoms with Gasteiger partial charge in [-0.25, -0.2) is 21.9 Å². The molecule has 2 N–H and O–H groups in total. The largest absolute Gasteiger partial charge is 0.573 e. The van der Waals surface area contributed by atoms with E-state index >= 15 is 0 Å². The topological polar surface area (TPSA) is 84.5 Å². The standard InChI is InChI=1S/C16H13F5N2O4S/c17-13-6-1-10(9-14(13)18)23-15(24)7-8-22-28(25,26)12-4-2-11(3-5-12)27-16(19,20)21/h1-6,9,22H,7-8H2,(H,23,24). The number of amides is 1. The van der Waals surface area contributed by atoms with E-state index in [9.17, 15) is 35.2 Å². The molecule has 0 atom stereocenters. The molecule has 1 amide bonds. The van der Waals surface area contributed by atoms with Crippen LogP contribution in [0.1, 0.15) is 6.42 Å². The van der Waals surface area contributed by atoms with Crippen molar-refractivity contribution in [2.24, 2.45) is 0 Å². The van der Waals surface area contributed by atoms with Gasteiger partial charge in [0.15, 0.2) is 11.6 Å². The van der Waals surface area contributed by atoms with Crippen molar-refractivity contribution in [2.45, 2.75) is 17.7 Å². The van der Waals surface area contributed by atoms with Crippen LogP contribution in [-0.2, 0) is 14.8 Å². The van der Waals surface area contributed by atoms with Crippen molar-refractivity contribution < 1.29 is 39.9 Å². The molecular weight excluding hydrogens is 411 g/mol. The van der Waals surface area contributed by atoms with Gasteiger partial charge in [0, 0.05) is 24.7 Å². The van der Waals surface area contributed by atoms with Crippen LogP contribution in [0.25, 0.3) is 0 Å². The molecule has 0 aliphatic heterocycles. The normalized spacial score (nSPS) is 11.9. The Bertz CT molecular complexity index is 946. The number of hydrogen-bond donors (Lipinski definition) is 2. The third-order valence-electron chi connectivity index (χ3n) is 3.22. The minimum atomic E-state index is -4.90. The summed E-state index contributed by atoms with van der Waals surface area (Å²) in [6.07, 6.45) is -5.23. The molecule has 2 aromatic rings. The molecular formula is C16H13F5N2O4S. The second-order valence-electron chi connectivity index (χ2n) is 5.34. The summed E-state index contributed by atoms with van der Waals surface area (Å²) in [5.74, 6) is -3.49. The molecule has 2 rings (SSSR count). The van der Waals surface area contributed by atoms with Crippen molar-refractivity contribution in [1.29, 1.82) is 0 Å².